The van der Waals surface area contributed by atoms with Gasteiger partial charge in [-0.15, -0.1) is 0 Å². The SMILES string of the molecule is CC(=O)Oc1cccc(OCc2c(Cl)cc(Cl)c(=O)n2CCc2ccc(C(=O)OC(C)(C)C)cc2)c1. The van der Waals surface area contributed by atoms with Crippen LogP contribution in [0.1, 0.15) is 49.3 Å². The van der Waals surface area contributed by atoms with Crippen molar-refractivity contribution in [2.45, 2.75) is 52.9 Å². The number of benzene rings is 2. The molecule has 0 aliphatic rings. The third kappa shape index (κ3) is 7.60. The number of aromatic nitrogens is 1. The molecule has 0 saturated heterocycles. The van der Waals surface area contributed by atoms with Crippen LogP contribution in [0, 0.1) is 0 Å². The van der Waals surface area contributed by atoms with Gasteiger partial charge in [-0.2, -0.15) is 0 Å². The Hall–Kier alpha value is -3.29. The highest BCUT2D eigenvalue weighted by atomic mass is 35.5. The molecule has 7 nitrogen and oxygen atoms in total. The molecule has 2 aromatic carbocycles. The first kappa shape index (κ1) is 27.3. The van der Waals surface area contributed by atoms with Crippen LogP contribution in [-0.2, 0) is 29.1 Å². The number of hydrogen-bond donors (Lipinski definition) is 0. The van der Waals surface area contributed by atoms with Gasteiger partial charge in [-0.05, 0) is 63.1 Å². The van der Waals surface area contributed by atoms with Gasteiger partial charge in [-0.3, -0.25) is 9.59 Å². The molecule has 9 heteroatoms. The predicted molar refractivity (Wildman–Crippen MR) is 138 cm³/mol. The Kier molecular flexibility index (Phi) is 8.82. The van der Waals surface area contributed by atoms with Crippen molar-refractivity contribution in [2.75, 3.05) is 0 Å². The van der Waals surface area contributed by atoms with Gasteiger partial charge in [0.25, 0.3) is 5.56 Å². The Morgan fingerprint density at radius 1 is 0.944 bits per heavy atom. The number of ether oxygens (including phenoxy) is 3. The van der Waals surface area contributed by atoms with Crippen molar-refractivity contribution in [1.82, 2.24) is 4.57 Å². The fourth-order valence-electron chi connectivity index (χ4n) is 3.35. The lowest BCUT2D eigenvalue weighted by atomic mass is 10.1. The van der Waals surface area contributed by atoms with Gasteiger partial charge in [0.2, 0.25) is 0 Å². The number of nitrogens with zero attached hydrogens (tertiary/aromatic N) is 1. The van der Waals surface area contributed by atoms with Gasteiger partial charge in [0.1, 0.15) is 28.7 Å². The van der Waals surface area contributed by atoms with E-state index in [1.54, 1.807) is 36.4 Å². The summed E-state index contributed by atoms with van der Waals surface area (Å²) in [6.07, 6.45) is 0.486. The van der Waals surface area contributed by atoms with Crippen LogP contribution >= 0.6 is 23.2 Å². The molecule has 0 saturated carbocycles. The van der Waals surface area contributed by atoms with E-state index in [2.05, 4.69) is 0 Å². The van der Waals surface area contributed by atoms with E-state index >= 15 is 0 Å². The molecule has 0 atom stereocenters. The number of halogens is 2. The van der Waals surface area contributed by atoms with Crippen molar-refractivity contribution in [3.63, 3.8) is 0 Å². The van der Waals surface area contributed by atoms with Crippen LogP contribution in [-0.4, -0.2) is 22.1 Å². The summed E-state index contributed by atoms with van der Waals surface area (Å²) in [5, 5.41) is 0.289. The molecule has 190 valence electrons. The maximum absolute atomic E-state index is 12.8. The van der Waals surface area contributed by atoms with Gasteiger partial charge >= 0.3 is 11.9 Å². The van der Waals surface area contributed by atoms with Gasteiger partial charge in [0, 0.05) is 19.5 Å². The largest absolute Gasteiger partial charge is 0.487 e. The highest BCUT2D eigenvalue weighted by Crippen LogP contribution is 2.24. The third-order valence-corrected chi connectivity index (χ3v) is 5.56. The van der Waals surface area contributed by atoms with Crippen molar-refractivity contribution >= 4 is 35.1 Å². The summed E-state index contributed by atoms with van der Waals surface area (Å²) < 4.78 is 17.8. The Morgan fingerprint density at radius 2 is 1.61 bits per heavy atom. The molecular weight excluding hydrogens is 505 g/mol. The molecule has 0 radical (unpaired) electrons. The van der Waals surface area contributed by atoms with Gasteiger partial charge < -0.3 is 18.8 Å². The highest BCUT2D eigenvalue weighted by molar-refractivity contribution is 6.34. The minimum atomic E-state index is -0.580. The average Bonchev–Trinajstić information content (AvgIpc) is 2.79. The molecule has 0 unspecified atom stereocenters. The lowest BCUT2D eigenvalue weighted by molar-refractivity contribution is -0.131. The minimum Gasteiger partial charge on any atom is -0.487 e. The second kappa shape index (κ2) is 11.6. The van der Waals surface area contributed by atoms with E-state index < -0.39 is 23.1 Å². The molecule has 3 rings (SSSR count). The smallest absolute Gasteiger partial charge is 0.338 e. The van der Waals surface area contributed by atoms with E-state index in [4.69, 9.17) is 37.4 Å². The summed E-state index contributed by atoms with van der Waals surface area (Å²) in [5.74, 6) is -0.0594. The quantitative estimate of drug-likeness (QED) is 0.267. The number of carbonyl (C=O) groups is 2. The summed E-state index contributed by atoms with van der Waals surface area (Å²) >= 11 is 12.5. The van der Waals surface area contributed by atoms with E-state index in [1.165, 1.54) is 17.6 Å². The molecule has 3 aromatic rings. The monoisotopic (exact) mass is 531 g/mol. The zero-order valence-corrected chi connectivity index (χ0v) is 22.0. The Labute approximate surface area is 219 Å². The fraction of sp³-hybridized carbons (Fsp3) is 0.296. The number of rotatable bonds is 8. The first-order valence-corrected chi connectivity index (χ1v) is 12.0. The van der Waals surface area contributed by atoms with E-state index in [0.717, 1.165) is 5.56 Å². The van der Waals surface area contributed by atoms with Crippen LogP contribution in [0.25, 0.3) is 0 Å². The molecular formula is C27H27Cl2NO6. The van der Waals surface area contributed by atoms with E-state index in [-0.39, 0.29) is 23.2 Å². The molecule has 36 heavy (non-hydrogen) atoms. The second-order valence-corrected chi connectivity index (χ2v) is 9.86. The third-order valence-electron chi connectivity index (χ3n) is 4.96. The maximum Gasteiger partial charge on any atom is 0.338 e. The van der Waals surface area contributed by atoms with E-state index in [9.17, 15) is 14.4 Å². The zero-order chi connectivity index (χ0) is 26.5. The number of hydrogen-bond acceptors (Lipinski definition) is 6. The van der Waals surface area contributed by atoms with Crippen LogP contribution in [0.4, 0.5) is 0 Å². The van der Waals surface area contributed by atoms with Crippen molar-refractivity contribution in [3.05, 3.63) is 91.8 Å². The first-order chi connectivity index (χ1) is 16.9. The summed E-state index contributed by atoms with van der Waals surface area (Å²) in [5.41, 5.74) is 0.837. The summed E-state index contributed by atoms with van der Waals surface area (Å²) in [6.45, 7) is 7.02. The number of pyridine rings is 1. The van der Waals surface area contributed by atoms with E-state index in [1.807, 2.05) is 32.9 Å². The summed E-state index contributed by atoms with van der Waals surface area (Å²) in [7, 11) is 0. The van der Waals surface area contributed by atoms with Gasteiger partial charge in [-0.1, -0.05) is 41.4 Å². The maximum atomic E-state index is 12.8. The molecule has 0 fully saturated rings. The first-order valence-electron chi connectivity index (χ1n) is 11.2. The van der Waals surface area contributed by atoms with Crippen molar-refractivity contribution < 1.29 is 23.8 Å². The molecule has 0 aliphatic heterocycles. The number of esters is 2. The van der Waals surface area contributed by atoms with Crippen molar-refractivity contribution in [2.24, 2.45) is 0 Å². The lowest BCUT2D eigenvalue weighted by Gasteiger charge is -2.19. The minimum absolute atomic E-state index is 0.000814. The Bertz CT molecular complexity index is 1310. The molecule has 0 aliphatic carbocycles. The van der Waals surface area contributed by atoms with Crippen LogP contribution in [0.3, 0.4) is 0 Å². The van der Waals surface area contributed by atoms with E-state index in [0.29, 0.717) is 29.2 Å². The van der Waals surface area contributed by atoms with Crippen LogP contribution < -0.4 is 15.0 Å². The van der Waals surface area contributed by atoms with Crippen LogP contribution in [0.2, 0.25) is 10.0 Å². The second-order valence-electron chi connectivity index (χ2n) is 9.05. The van der Waals surface area contributed by atoms with Crippen molar-refractivity contribution in [1.29, 1.82) is 0 Å². The van der Waals surface area contributed by atoms with Crippen molar-refractivity contribution in [3.8, 4) is 11.5 Å². The van der Waals surface area contributed by atoms with Gasteiger partial charge in [0.15, 0.2) is 0 Å². The zero-order valence-electron chi connectivity index (χ0n) is 20.5. The fourth-order valence-corrected chi connectivity index (χ4v) is 3.88. The topological polar surface area (TPSA) is 83.8 Å². The Balaban J connectivity index is 1.76. The van der Waals surface area contributed by atoms with Gasteiger partial charge in [0.05, 0.1) is 16.3 Å². The predicted octanol–water partition coefficient (Wildman–Crippen LogP) is 5.86. The van der Waals surface area contributed by atoms with Crippen LogP contribution in [0.5, 0.6) is 11.5 Å². The standard InChI is InChI=1S/C27H27Cl2NO6/c1-17(31)35-21-7-5-6-20(14-21)34-16-24-22(28)15-23(29)25(32)30(24)13-12-18-8-10-19(11-9-18)26(33)36-27(2,3)4/h5-11,14-15H,12-13,16H2,1-4H3. The van der Waals surface area contributed by atoms with Gasteiger partial charge in [-0.25, -0.2) is 4.79 Å². The number of aryl methyl sites for hydroxylation is 1. The molecule has 0 N–H and O–H groups in total. The lowest BCUT2D eigenvalue weighted by Crippen LogP contribution is -2.26. The molecule has 1 heterocycles. The molecule has 0 bridgehead atoms. The molecule has 0 spiro atoms. The van der Waals surface area contributed by atoms with Crippen LogP contribution in [0.15, 0.2) is 59.4 Å². The highest BCUT2D eigenvalue weighted by Gasteiger charge is 2.18. The summed E-state index contributed by atoms with van der Waals surface area (Å²) in [4.78, 5) is 36.3. The summed E-state index contributed by atoms with van der Waals surface area (Å²) in [6, 6.07) is 15.0. The average molecular weight is 532 g/mol. The number of carbonyl (C=O) groups excluding carboxylic acids is 2. The normalized spacial score (nSPS) is 11.2. The molecule has 0 amide bonds. The molecule has 1 aromatic heterocycles. The Morgan fingerprint density at radius 3 is 2.25 bits per heavy atom.